The Morgan fingerprint density at radius 3 is 2.43 bits per heavy atom. The molecule has 0 bridgehead atoms. The Bertz CT molecular complexity index is 161. The fourth-order valence-corrected chi connectivity index (χ4v) is 5.03. The first kappa shape index (κ1) is 12.7. The van der Waals surface area contributed by atoms with Crippen LogP contribution in [0.5, 0.6) is 0 Å². The van der Waals surface area contributed by atoms with Crippen LogP contribution in [0.25, 0.3) is 0 Å². The molecule has 14 heavy (non-hydrogen) atoms. The molecular weight excluding hydrogens is 210 g/mol. The summed E-state index contributed by atoms with van der Waals surface area (Å²) >= 11 is 4.30. The molecule has 1 nitrogen and oxygen atoms in total. The number of rotatable bonds is 4. The van der Waals surface area contributed by atoms with Gasteiger partial charge in [0.05, 0.1) is 0 Å². The van der Waals surface area contributed by atoms with Gasteiger partial charge in [0.15, 0.2) is 0 Å². The van der Waals surface area contributed by atoms with Crippen LogP contribution in [0, 0.1) is 5.92 Å². The van der Waals surface area contributed by atoms with Crippen molar-refractivity contribution in [2.75, 3.05) is 18.6 Å². The molecule has 3 heteroatoms. The number of thioether (sulfide) groups is 2. The van der Waals surface area contributed by atoms with Gasteiger partial charge in [0, 0.05) is 28.0 Å². The van der Waals surface area contributed by atoms with Gasteiger partial charge in [0.2, 0.25) is 0 Å². The van der Waals surface area contributed by atoms with Crippen molar-refractivity contribution in [3.05, 3.63) is 0 Å². The van der Waals surface area contributed by atoms with E-state index < -0.39 is 0 Å². The molecule has 0 aromatic carbocycles. The highest BCUT2D eigenvalue weighted by Gasteiger charge is 2.29. The maximum absolute atomic E-state index is 3.50. The van der Waals surface area contributed by atoms with E-state index in [2.05, 4.69) is 56.7 Å². The monoisotopic (exact) mass is 233 g/mol. The summed E-state index contributed by atoms with van der Waals surface area (Å²) < 4.78 is 0. The molecule has 3 atom stereocenters. The lowest BCUT2D eigenvalue weighted by Crippen LogP contribution is -2.43. The minimum atomic E-state index is 0.697. The Hall–Kier alpha value is 0.660. The Balaban J connectivity index is 2.48. The number of hydrogen-bond donors (Lipinski definition) is 1. The van der Waals surface area contributed by atoms with Gasteiger partial charge >= 0.3 is 0 Å². The Kier molecular flexibility index (Phi) is 5.72. The van der Waals surface area contributed by atoms with Crippen molar-refractivity contribution in [2.24, 2.45) is 5.92 Å². The van der Waals surface area contributed by atoms with Gasteiger partial charge in [-0.2, -0.15) is 23.5 Å². The third-order valence-corrected chi connectivity index (χ3v) is 5.98. The van der Waals surface area contributed by atoms with Crippen molar-refractivity contribution >= 4 is 23.5 Å². The molecule has 1 saturated heterocycles. The maximum Gasteiger partial charge on any atom is 0.0317 e. The van der Waals surface area contributed by atoms with Crippen LogP contribution < -0.4 is 5.32 Å². The van der Waals surface area contributed by atoms with Crippen LogP contribution in [0.4, 0.5) is 0 Å². The molecule has 1 N–H and O–H groups in total. The molecule has 1 fully saturated rings. The predicted molar refractivity (Wildman–Crippen MR) is 70.5 cm³/mol. The third-order valence-electron chi connectivity index (χ3n) is 2.73. The van der Waals surface area contributed by atoms with Gasteiger partial charge < -0.3 is 5.32 Å². The minimum Gasteiger partial charge on any atom is -0.316 e. The van der Waals surface area contributed by atoms with Gasteiger partial charge in [0.25, 0.3) is 0 Å². The van der Waals surface area contributed by atoms with E-state index in [0.29, 0.717) is 6.04 Å². The van der Waals surface area contributed by atoms with E-state index in [9.17, 15) is 0 Å². The molecule has 0 aromatic heterocycles. The van der Waals surface area contributed by atoms with Crippen LogP contribution in [0.15, 0.2) is 0 Å². The normalized spacial score (nSPS) is 30.6. The average molecular weight is 233 g/mol. The Morgan fingerprint density at radius 1 is 1.29 bits per heavy atom. The summed E-state index contributed by atoms with van der Waals surface area (Å²) in [4.78, 5) is 0. The molecule has 1 heterocycles. The molecule has 84 valence electrons. The van der Waals surface area contributed by atoms with Gasteiger partial charge in [-0.3, -0.25) is 0 Å². The van der Waals surface area contributed by atoms with Crippen molar-refractivity contribution in [3.8, 4) is 0 Å². The van der Waals surface area contributed by atoms with Crippen LogP contribution in [0.3, 0.4) is 0 Å². The zero-order valence-corrected chi connectivity index (χ0v) is 11.4. The highest BCUT2D eigenvalue weighted by atomic mass is 32.2. The second kappa shape index (κ2) is 6.29. The quantitative estimate of drug-likeness (QED) is 0.802. The maximum atomic E-state index is 3.50. The van der Waals surface area contributed by atoms with Crippen molar-refractivity contribution in [1.29, 1.82) is 0 Å². The minimum absolute atomic E-state index is 0.697. The fraction of sp³-hybridized carbons (Fsp3) is 1.00. The first-order valence-electron chi connectivity index (χ1n) is 5.55. The molecule has 1 aliphatic rings. The zero-order valence-electron chi connectivity index (χ0n) is 9.75. The summed E-state index contributed by atoms with van der Waals surface area (Å²) in [5.74, 6) is 3.46. The predicted octanol–water partition coefficient (Wildman–Crippen LogP) is 2.86. The van der Waals surface area contributed by atoms with E-state index in [1.165, 1.54) is 17.9 Å². The standard InChI is InChI=1S/C11H23NS2/c1-8(2)7-10(12-4)11-9(3)13-5-6-14-11/h8-12H,5-7H2,1-4H3. The second-order valence-electron chi connectivity index (χ2n) is 4.44. The summed E-state index contributed by atoms with van der Waals surface area (Å²) in [6.45, 7) is 7.01. The molecular formula is C11H23NS2. The van der Waals surface area contributed by atoms with Crippen LogP contribution >= 0.6 is 23.5 Å². The average Bonchev–Trinajstić information content (AvgIpc) is 2.15. The number of hydrogen-bond acceptors (Lipinski definition) is 3. The van der Waals surface area contributed by atoms with E-state index >= 15 is 0 Å². The molecule has 0 saturated carbocycles. The summed E-state index contributed by atoms with van der Waals surface area (Å²) in [5, 5.41) is 5.12. The van der Waals surface area contributed by atoms with Crippen molar-refractivity contribution in [2.45, 2.75) is 43.7 Å². The van der Waals surface area contributed by atoms with E-state index in [1.54, 1.807) is 0 Å². The summed E-state index contributed by atoms with van der Waals surface area (Å²) in [5.41, 5.74) is 0. The highest BCUT2D eigenvalue weighted by Crippen LogP contribution is 2.34. The van der Waals surface area contributed by atoms with E-state index in [4.69, 9.17) is 0 Å². The topological polar surface area (TPSA) is 12.0 Å². The van der Waals surface area contributed by atoms with Crippen LogP contribution in [0.1, 0.15) is 27.2 Å². The number of nitrogens with one attached hydrogen (secondary N) is 1. The van der Waals surface area contributed by atoms with E-state index in [0.717, 1.165) is 16.4 Å². The van der Waals surface area contributed by atoms with Gasteiger partial charge in [-0.25, -0.2) is 0 Å². The van der Waals surface area contributed by atoms with Gasteiger partial charge in [-0.1, -0.05) is 20.8 Å². The first-order valence-corrected chi connectivity index (χ1v) is 7.65. The smallest absolute Gasteiger partial charge is 0.0317 e. The second-order valence-corrected chi connectivity index (χ2v) is 7.21. The van der Waals surface area contributed by atoms with Crippen LogP contribution in [-0.2, 0) is 0 Å². The molecule has 3 unspecified atom stereocenters. The largest absolute Gasteiger partial charge is 0.316 e. The zero-order chi connectivity index (χ0) is 10.6. The van der Waals surface area contributed by atoms with Gasteiger partial charge in [0.1, 0.15) is 0 Å². The van der Waals surface area contributed by atoms with E-state index in [-0.39, 0.29) is 0 Å². The molecule has 1 aliphatic heterocycles. The lowest BCUT2D eigenvalue weighted by atomic mass is 9.99. The Labute approximate surface area is 97.2 Å². The molecule has 0 amide bonds. The fourth-order valence-electron chi connectivity index (χ4n) is 2.02. The molecule has 1 rings (SSSR count). The van der Waals surface area contributed by atoms with Gasteiger partial charge in [-0.05, 0) is 19.4 Å². The Morgan fingerprint density at radius 2 is 1.93 bits per heavy atom. The highest BCUT2D eigenvalue weighted by molar-refractivity contribution is 8.07. The summed E-state index contributed by atoms with van der Waals surface area (Å²) in [7, 11) is 2.11. The molecule has 0 radical (unpaired) electrons. The lowest BCUT2D eigenvalue weighted by Gasteiger charge is -2.35. The lowest BCUT2D eigenvalue weighted by molar-refractivity contribution is 0.429. The van der Waals surface area contributed by atoms with Gasteiger partial charge in [-0.15, -0.1) is 0 Å². The molecule has 0 aliphatic carbocycles. The molecule has 0 aromatic rings. The SMILES string of the molecule is CNC(CC(C)C)C1SCCSC1C. The summed E-state index contributed by atoms with van der Waals surface area (Å²) in [6.07, 6.45) is 1.30. The van der Waals surface area contributed by atoms with Crippen LogP contribution in [0.2, 0.25) is 0 Å². The molecule has 0 spiro atoms. The summed E-state index contributed by atoms with van der Waals surface area (Å²) in [6, 6.07) is 0.697. The van der Waals surface area contributed by atoms with E-state index in [1.807, 2.05) is 0 Å². The van der Waals surface area contributed by atoms with Crippen molar-refractivity contribution in [1.82, 2.24) is 5.32 Å². The third kappa shape index (κ3) is 3.67. The van der Waals surface area contributed by atoms with Crippen molar-refractivity contribution in [3.63, 3.8) is 0 Å². The van der Waals surface area contributed by atoms with Crippen LogP contribution in [-0.4, -0.2) is 35.1 Å². The first-order chi connectivity index (χ1) is 6.65. The van der Waals surface area contributed by atoms with Crippen molar-refractivity contribution < 1.29 is 0 Å².